The summed E-state index contributed by atoms with van der Waals surface area (Å²) in [6.07, 6.45) is 2.18. The molecule has 0 aromatic heterocycles. The average molecular weight is 144 g/mol. The molecule has 46 valence electrons. The van der Waals surface area contributed by atoms with Gasteiger partial charge in [0, 0.05) is 12.3 Å². The van der Waals surface area contributed by atoms with Crippen molar-refractivity contribution in [3.05, 3.63) is 11.1 Å². The molecule has 0 aromatic carbocycles. The smallest absolute Gasteiger partial charge is 0.284 e. The molecule has 0 aliphatic carbocycles. The average Bonchev–Trinajstić information content (AvgIpc) is 1.80. The molecule has 0 aromatic rings. The Morgan fingerprint density at radius 1 is 1.44 bits per heavy atom. The van der Waals surface area contributed by atoms with Crippen molar-refractivity contribution in [1.29, 1.82) is 0 Å². The van der Waals surface area contributed by atoms with Crippen LogP contribution in [-0.2, 0) is 9.59 Å². The Hall–Kier alpha value is -0.960. The van der Waals surface area contributed by atoms with Crippen LogP contribution < -0.4 is 0 Å². The molecular weight excluding hydrogens is 142 g/mol. The summed E-state index contributed by atoms with van der Waals surface area (Å²) in [5.41, 5.74) is 0. The van der Waals surface area contributed by atoms with Gasteiger partial charge in [0.2, 0.25) is 5.78 Å². The third-order valence-electron chi connectivity index (χ3n) is 0.785. The highest BCUT2D eigenvalue weighted by Gasteiger charge is 2.12. The first-order chi connectivity index (χ1) is 4.20. The maximum Gasteiger partial charge on any atom is 0.317 e. The van der Waals surface area contributed by atoms with Crippen LogP contribution in [-0.4, -0.2) is 17.9 Å². The topological polar surface area (TPSA) is 46.5 Å². The van der Waals surface area contributed by atoms with Crippen LogP contribution in [0.15, 0.2) is 16.1 Å². The number of allylic oxidation sites excluding steroid dienone is 1. The molecule has 3 nitrogen and oxygen atoms in total. The van der Waals surface area contributed by atoms with E-state index in [4.69, 9.17) is 11.6 Å². The van der Waals surface area contributed by atoms with Gasteiger partial charge in [0.1, 0.15) is 0 Å². The number of halogens is 1. The summed E-state index contributed by atoms with van der Waals surface area (Å²) in [7, 11) is 0. The number of aliphatic imine (C=N–C) groups is 1. The largest absolute Gasteiger partial charge is 0.317 e. The second-order valence-corrected chi connectivity index (χ2v) is 1.89. The summed E-state index contributed by atoms with van der Waals surface area (Å²) in [4.78, 5) is 23.8. The normalized spacial score (nSPS) is 18.1. The van der Waals surface area contributed by atoms with Crippen LogP contribution in [0.4, 0.5) is 0 Å². The first kappa shape index (κ1) is 6.16. The molecule has 0 saturated heterocycles. The molecule has 9 heavy (non-hydrogen) atoms. The monoisotopic (exact) mass is 143 g/mol. The Kier molecular flexibility index (Phi) is 1.44. The second-order valence-electron chi connectivity index (χ2n) is 1.46. The van der Waals surface area contributed by atoms with Gasteiger partial charge in [0.15, 0.2) is 0 Å². The van der Waals surface area contributed by atoms with Crippen molar-refractivity contribution in [3.8, 4) is 0 Å². The number of hydrogen-bond acceptors (Lipinski definition) is 2. The van der Waals surface area contributed by atoms with E-state index in [9.17, 15) is 9.59 Å². The molecule has 0 atom stereocenters. The molecule has 1 aliphatic rings. The summed E-state index contributed by atoms with van der Waals surface area (Å²) in [6, 6.07) is 0. The summed E-state index contributed by atoms with van der Waals surface area (Å²) < 4.78 is 0. The van der Waals surface area contributed by atoms with Gasteiger partial charge >= 0.3 is 5.91 Å². The Morgan fingerprint density at radius 3 is 2.56 bits per heavy atom. The van der Waals surface area contributed by atoms with E-state index in [2.05, 4.69) is 4.99 Å². The van der Waals surface area contributed by atoms with Gasteiger partial charge in [-0.15, -0.1) is 0 Å². The zero-order valence-corrected chi connectivity index (χ0v) is 5.05. The molecule has 0 bridgehead atoms. The molecule has 0 unspecified atom stereocenters. The van der Waals surface area contributed by atoms with E-state index in [0.29, 0.717) is 0 Å². The van der Waals surface area contributed by atoms with Crippen LogP contribution in [0.2, 0.25) is 0 Å². The lowest BCUT2D eigenvalue weighted by Gasteiger charge is -1.93. The fourth-order valence-electron chi connectivity index (χ4n) is 0.408. The predicted octanol–water partition coefficient (Wildman–Crippen LogP) is 0.289. The van der Waals surface area contributed by atoms with Gasteiger partial charge in [0.25, 0.3) is 0 Å². The molecule has 0 N–H and O–H groups in total. The lowest BCUT2D eigenvalue weighted by atomic mass is 10.3. The lowest BCUT2D eigenvalue weighted by molar-refractivity contribution is -0.133. The molecule has 0 radical (unpaired) electrons. The van der Waals surface area contributed by atoms with Crippen LogP contribution in [0, 0.1) is 0 Å². The van der Waals surface area contributed by atoms with E-state index >= 15 is 0 Å². The minimum atomic E-state index is -0.764. The van der Waals surface area contributed by atoms with Crippen molar-refractivity contribution in [3.63, 3.8) is 0 Å². The van der Waals surface area contributed by atoms with E-state index in [1.165, 1.54) is 0 Å². The minimum Gasteiger partial charge on any atom is -0.284 e. The summed E-state index contributed by atoms with van der Waals surface area (Å²) >= 11 is 5.32. The first-order valence-corrected chi connectivity index (χ1v) is 2.57. The zero-order chi connectivity index (χ0) is 6.85. The first-order valence-electron chi connectivity index (χ1n) is 2.20. The standard InChI is InChI=1S/C5H2ClNO2/c6-3-1-4(8)5(9)7-2-3/h1-2H. The van der Waals surface area contributed by atoms with E-state index in [-0.39, 0.29) is 5.03 Å². The molecule has 0 saturated carbocycles. The van der Waals surface area contributed by atoms with Gasteiger partial charge in [-0.05, 0) is 0 Å². The number of dihydropyridines is 1. The summed E-state index contributed by atoms with van der Waals surface area (Å²) in [5, 5.41) is 0.194. The molecule has 1 aliphatic heterocycles. The van der Waals surface area contributed by atoms with E-state index < -0.39 is 11.7 Å². The molecular formula is C5H2ClNO2. The number of rotatable bonds is 0. The van der Waals surface area contributed by atoms with Crippen molar-refractivity contribution < 1.29 is 9.59 Å². The van der Waals surface area contributed by atoms with Crippen molar-refractivity contribution in [1.82, 2.24) is 0 Å². The fourth-order valence-corrected chi connectivity index (χ4v) is 0.556. The second kappa shape index (κ2) is 2.11. The number of nitrogens with zero attached hydrogens (tertiary/aromatic N) is 1. The molecule has 0 fully saturated rings. The number of hydrogen-bond donors (Lipinski definition) is 0. The number of ketones is 1. The van der Waals surface area contributed by atoms with Crippen LogP contribution in [0.3, 0.4) is 0 Å². The maximum absolute atomic E-state index is 10.4. The van der Waals surface area contributed by atoms with Crippen molar-refractivity contribution >= 4 is 29.5 Å². The van der Waals surface area contributed by atoms with E-state index in [1.54, 1.807) is 0 Å². The number of carbonyl (C=O) groups is 2. The van der Waals surface area contributed by atoms with Gasteiger partial charge in [-0.2, -0.15) is 0 Å². The summed E-state index contributed by atoms with van der Waals surface area (Å²) in [5.74, 6) is -1.43. The Bertz CT molecular complexity index is 229. The highest BCUT2D eigenvalue weighted by atomic mass is 35.5. The van der Waals surface area contributed by atoms with Crippen LogP contribution in [0.25, 0.3) is 0 Å². The molecule has 1 heterocycles. The predicted molar refractivity (Wildman–Crippen MR) is 32.4 cm³/mol. The molecule has 4 heteroatoms. The quantitative estimate of drug-likeness (QED) is 0.458. The number of carbonyl (C=O) groups excluding carboxylic acids is 2. The van der Waals surface area contributed by atoms with Crippen molar-refractivity contribution in [2.24, 2.45) is 4.99 Å². The van der Waals surface area contributed by atoms with Crippen LogP contribution in [0.5, 0.6) is 0 Å². The lowest BCUT2D eigenvalue weighted by Crippen LogP contribution is -2.11. The Morgan fingerprint density at radius 2 is 2.11 bits per heavy atom. The van der Waals surface area contributed by atoms with Gasteiger partial charge in [-0.1, -0.05) is 11.6 Å². The summed E-state index contributed by atoms with van der Waals surface area (Å²) in [6.45, 7) is 0. The zero-order valence-electron chi connectivity index (χ0n) is 4.30. The van der Waals surface area contributed by atoms with Crippen molar-refractivity contribution in [2.45, 2.75) is 0 Å². The van der Waals surface area contributed by atoms with Crippen LogP contribution >= 0.6 is 11.6 Å². The number of amides is 1. The SMILES string of the molecule is O=C1C=C(Cl)C=NC1=O. The highest BCUT2D eigenvalue weighted by Crippen LogP contribution is 2.02. The van der Waals surface area contributed by atoms with Crippen LogP contribution in [0.1, 0.15) is 0 Å². The highest BCUT2D eigenvalue weighted by molar-refractivity contribution is 6.51. The Labute approximate surface area is 56.0 Å². The third-order valence-corrected chi connectivity index (χ3v) is 0.992. The molecule has 1 rings (SSSR count). The molecule has 0 spiro atoms. The van der Waals surface area contributed by atoms with Gasteiger partial charge in [0.05, 0.1) is 5.03 Å². The maximum atomic E-state index is 10.4. The van der Waals surface area contributed by atoms with E-state index in [0.717, 1.165) is 12.3 Å². The minimum absolute atomic E-state index is 0.194. The van der Waals surface area contributed by atoms with E-state index in [1.807, 2.05) is 0 Å². The third kappa shape index (κ3) is 1.23. The van der Waals surface area contributed by atoms with Gasteiger partial charge in [-0.3, -0.25) is 9.59 Å². The fraction of sp³-hybridized carbons (Fsp3) is 0. The van der Waals surface area contributed by atoms with Gasteiger partial charge in [-0.25, -0.2) is 4.99 Å². The molecule has 1 amide bonds. The van der Waals surface area contributed by atoms with Crippen molar-refractivity contribution in [2.75, 3.05) is 0 Å². The van der Waals surface area contributed by atoms with Gasteiger partial charge < -0.3 is 0 Å². The Balaban J connectivity index is 2.95.